The van der Waals surface area contributed by atoms with Crippen LogP contribution in [-0.2, 0) is 15.3 Å². The number of rotatable bonds is 10. The highest BCUT2D eigenvalue weighted by molar-refractivity contribution is 5.96. The smallest absolute Gasteiger partial charge is 0.201 e. The molecule has 0 fully saturated rings. The molecule has 0 aromatic heterocycles. The van der Waals surface area contributed by atoms with Crippen LogP contribution in [0.1, 0.15) is 53.6 Å². The molecule has 5 heteroatoms. The average molecular weight is 372 g/mol. The lowest BCUT2D eigenvalue weighted by Gasteiger charge is -2.32. The largest absolute Gasteiger partial charge is 0.507 e. The molecule has 0 unspecified atom stereocenters. The summed E-state index contributed by atoms with van der Waals surface area (Å²) in [5.74, 6) is -1.24. The Bertz CT molecular complexity index is 728. The Balaban J connectivity index is 1.91. The molecule has 2 aromatic carbocycles. The quantitative estimate of drug-likeness (QED) is 0.360. The number of methoxy groups -OCH3 is 2. The molecular formula is C22H28O5. The van der Waals surface area contributed by atoms with Gasteiger partial charge in [0.25, 0.3) is 0 Å². The van der Waals surface area contributed by atoms with E-state index in [1.807, 2.05) is 31.2 Å². The number of ether oxygens (including phenoxy) is 2. The molecule has 0 radical (unpaired) electrons. The number of ketones is 1. The number of phenols is 2. The molecule has 0 heterocycles. The molecule has 0 aliphatic carbocycles. The number of hydrogen-bond donors (Lipinski definition) is 2. The van der Waals surface area contributed by atoms with Gasteiger partial charge in [-0.1, -0.05) is 42.3 Å². The normalized spacial score (nSPS) is 11.5. The third kappa shape index (κ3) is 5.08. The number of Topliss-reactive ketones (excluding diaryl/α,β-unsaturated/α-hetero) is 1. The van der Waals surface area contributed by atoms with Gasteiger partial charge in [0.2, 0.25) is 5.79 Å². The molecule has 27 heavy (non-hydrogen) atoms. The molecule has 0 atom stereocenters. The molecule has 0 saturated carbocycles. The van der Waals surface area contributed by atoms with Crippen LogP contribution in [0.2, 0.25) is 0 Å². The first-order valence-corrected chi connectivity index (χ1v) is 9.15. The lowest BCUT2D eigenvalue weighted by molar-refractivity contribution is -0.222. The van der Waals surface area contributed by atoms with Crippen LogP contribution < -0.4 is 0 Å². The van der Waals surface area contributed by atoms with Gasteiger partial charge in [-0.25, -0.2) is 0 Å². The summed E-state index contributed by atoms with van der Waals surface area (Å²) < 4.78 is 11.1. The van der Waals surface area contributed by atoms with Gasteiger partial charge in [0, 0.05) is 32.6 Å². The van der Waals surface area contributed by atoms with Crippen LogP contribution in [-0.4, -0.2) is 30.2 Å². The Kier molecular flexibility index (Phi) is 7.39. The zero-order chi connectivity index (χ0) is 19.9. The molecule has 0 aliphatic rings. The highest BCUT2D eigenvalue weighted by Gasteiger charge is 2.36. The van der Waals surface area contributed by atoms with Gasteiger partial charge < -0.3 is 19.7 Å². The molecule has 0 spiro atoms. The van der Waals surface area contributed by atoms with E-state index in [2.05, 4.69) is 0 Å². The van der Waals surface area contributed by atoms with E-state index in [0.29, 0.717) is 12.8 Å². The van der Waals surface area contributed by atoms with E-state index in [1.54, 1.807) is 6.07 Å². The van der Waals surface area contributed by atoms with Crippen molar-refractivity contribution in [3.63, 3.8) is 0 Å². The van der Waals surface area contributed by atoms with E-state index in [0.717, 1.165) is 30.4 Å². The summed E-state index contributed by atoms with van der Waals surface area (Å²) in [7, 11) is 2.96. The van der Waals surface area contributed by atoms with Gasteiger partial charge in [0.1, 0.15) is 11.5 Å². The zero-order valence-electron chi connectivity index (χ0n) is 16.2. The second kappa shape index (κ2) is 9.53. The standard InChI is InChI=1S/C22H28O5/c1-16-11-13-17(14-12-16)18(23)8-5-4-6-15-22(26-2,27-3)21-19(24)9-7-10-20(21)25/h7,9-14,24-25H,4-6,8,15H2,1-3H3. The third-order valence-electron chi connectivity index (χ3n) is 4.84. The lowest BCUT2D eigenvalue weighted by Crippen LogP contribution is -2.31. The molecule has 146 valence electrons. The minimum atomic E-state index is -1.23. The fourth-order valence-corrected chi connectivity index (χ4v) is 3.24. The summed E-state index contributed by atoms with van der Waals surface area (Å²) >= 11 is 0. The molecule has 0 amide bonds. The van der Waals surface area contributed by atoms with Gasteiger partial charge in [-0.05, 0) is 31.9 Å². The van der Waals surface area contributed by atoms with Crippen molar-refractivity contribution in [2.75, 3.05) is 14.2 Å². The fourth-order valence-electron chi connectivity index (χ4n) is 3.24. The van der Waals surface area contributed by atoms with Gasteiger partial charge in [-0.2, -0.15) is 0 Å². The van der Waals surface area contributed by atoms with Gasteiger partial charge in [-0.15, -0.1) is 0 Å². The number of hydrogen-bond acceptors (Lipinski definition) is 5. The summed E-state index contributed by atoms with van der Waals surface area (Å²) in [6.45, 7) is 1.99. The highest BCUT2D eigenvalue weighted by atomic mass is 16.7. The van der Waals surface area contributed by atoms with E-state index in [-0.39, 0.29) is 22.8 Å². The zero-order valence-corrected chi connectivity index (χ0v) is 16.2. The van der Waals surface area contributed by atoms with E-state index < -0.39 is 5.79 Å². The summed E-state index contributed by atoms with van der Waals surface area (Å²) in [6, 6.07) is 12.1. The summed E-state index contributed by atoms with van der Waals surface area (Å²) in [6.07, 6.45) is 3.21. The van der Waals surface area contributed by atoms with Crippen LogP contribution >= 0.6 is 0 Å². The van der Waals surface area contributed by atoms with Crippen LogP contribution in [0, 0.1) is 6.92 Å². The van der Waals surface area contributed by atoms with Gasteiger partial charge in [-0.3, -0.25) is 4.79 Å². The Labute approximate surface area is 160 Å². The fraction of sp³-hybridized carbons (Fsp3) is 0.409. The number of phenolic OH excluding ortho intramolecular Hbond substituents is 2. The van der Waals surface area contributed by atoms with Gasteiger partial charge >= 0.3 is 0 Å². The number of unbranched alkanes of at least 4 members (excludes halogenated alkanes) is 2. The maximum atomic E-state index is 12.2. The Morgan fingerprint density at radius 1 is 0.926 bits per heavy atom. The van der Waals surface area contributed by atoms with Crippen molar-refractivity contribution >= 4 is 5.78 Å². The molecule has 2 rings (SSSR count). The van der Waals surface area contributed by atoms with E-state index in [4.69, 9.17) is 9.47 Å². The van der Waals surface area contributed by atoms with Crippen LogP contribution in [0.25, 0.3) is 0 Å². The molecular weight excluding hydrogens is 344 g/mol. The second-order valence-corrected chi connectivity index (χ2v) is 6.68. The maximum absolute atomic E-state index is 12.2. The Hall–Kier alpha value is -2.37. The molecule has 5 nitrogen and oxygen atoms in total. The predicted molar refractivity (Wildman–Crippen MR) is 104 cm³/mol. The SMILES string of the molecule is COC(CCCCCC(=O)c1ccc(C)cc1)(OC)c1c(O)cccc1O. The summed E-state index contributed by atoms with van der Waals surface area (Å²) in [5, 5.41) is 20.3. The molecule has 2 N–H and O–H groups in total. The van der Waals surface area contributed by atoms with Crippen LogP contribution in [0.5, 0.6) is 11.5 Å². The number of benzene rings is 2. The van der Waals surface area contributed by atoms with Crippen molar-refractivity contribution in [1.29, 1.82) is 0 Å². The van der Waals surface area contributed by atoms with Crippen molar-refractivity contribution < 1.29 is 24.5 Å². The van der Waals surface area contributed by atoms with E-state index >= 15 is 0 Å². The van der Waals surface area contributed by atoms with E-state index in [9.17, 15) is 15.0 Å². The molecule has 0 saturated heterocycles. The topological polar surface area (TPSA) is 76.0 Å². The van der Waals surface area contributed by atoms with Crippen molar-refractivity contribution in [3.8, 4) is 11.5 Å². The van der Waals surface area contributed by atoms with Crippen molar-refractivity contribution in [2.45, 2.75) is 44.8 Å². The number of carbonyl (C=O) groups excluding carboxylic acids is 1. The Morgan fingerprint density at radius 2 is 1.52 bits per heavy atom. The first-order valence-electron chi connectivity index (χ1n) is 9.15. The number of aryl methyl sites for hydroxylation is 1. The summed E-state index contributed by atoms with van der Waals surface area (Å²) in [4.78, 5) is 12.2. The molecule has 2 aromatic rings. The second-order valence-electron chi connectivity index (χ2n) is 6.68. The Morgan fingerprint density at radius 3 is 2.07 bits per heavy atom. The number of carbonyl (C=O) groups is 1. The van der Waals surface area contributed by atoms with Crippen LogP contribution in [0.3, 0.4) is 0 Å². The first-order chi connectivity index (χ1) is 12.9. The monoisotopic (exact) mass is 372 g/mol. The minimum Gasteiger partial charge on any atom is -0.507 e. The lowest BCUT2D eigenvalue weighted by atomic mass is 9.96. The van der Waals surface area contributed by atoms with Crippen molar-refractivity contribution in [3.05, 3.63) is 59.2 Å². The highest BCUT2D eigenvalue weighted by Crippen LogP contribution is 2.42. The third-order valence-corrected chi connectivity index (χ3v) is 4.84. The first kappa shape index (κ1) is 20.9. The summed E-state index contributed by atoms with van der Waals surface area (Å²) in [5.41, 5.74) is 2.10. The maximum Gasteiger partial charge on any atom is 0.201 e. The van der Waals surface area contributed by atoms with Crippen LogP contribution in [0.4, 0.5) is 0 Å². The van der Waals surface area contributed by atoms with Crippen molar-refractivity contribution in [2.24, 2.45) is 0 Å². The minimum absolute atomic E-state index is 0.0757. The molecule has 0 bridgehead atoms. The van der Waals surface area contributed by atoms with Gasteiger partial charge in [0.15, 0.2) is 5.78 Å². The molecule has 0 aliphatic heterocycles. The van der Waals surface area contributed by atoms with E-state index in [1.165, 1.54) is 26.4 Å². The number of aromatic hydroxyl groups is 2. The van der Waals surface area contributed by atoms with Gasteiger partial charge in [0.05, 0.1) is 5.56 Å². The predicted octanol–water partition coefficient (Wildman–Crippen LogP) is 4.69. The van der Waals surface area contributed by atoms with Crippen molar-refractivity contribution in [1.82, 2.24) is 0 Å². The average Bonchev–Trinajstić information content (AvgIpc) is 2.66. The van der Waals surface area contributed by atoms with Crippen LogP contribution in [0.15, 0.2) is 42.5 Å².